The molecule has 146 valence electrons. The van der Waals surface area contributed by atoms with E-state index in [2.05, 4.69) is 10.4 Å². The molecule has 28 heavy (non-hydrogen) atoms. The van der Waals surface area contributed by atoms with Crippen molar-refractivity contribution in [1.82, 2.24) is 9.78 Å². The molecule has 3 aromatic rings. The number of alkyl halides is 3. The number of anilines is 1. The van der Waals surface area contributed by atoms with Crippen LogP contribution in [0.15, 0.2) is 48.7 Å². The third-order valence-corrected chi connectivity index (χ3v) is 4.44. The zero-order chi connectivity index (χ0) is 20.5. The maximum Gasteiger partial charge on any atom is 0.435 e. The summed E-state index contributed by atoms with van der Waals surface area (Å²) in [6.45, 7) is 1.89. The number of aromatic nitrogens is 2. The number of rotatable bonds is 4. The Morgan fingerprint density at radius 2 is 1.89 bits per heavy atom. The van der Waals surface area contributed by atoms with E-state index in [0.717, 1.165) is 21.4 Å². The minimum Gasteiger partial charge on any atom is -0.325 e. The van der Waals surface area contributed by atoms with Gasteiger partial charge in [-0.3, -0.25) is 9.48 Å². The number of halogens is 4. The highest BCUT2D eigenvalue weighted by Crippen LogP contribution is 2.33. The van der Waals surface area contributed by atoms with Crippen molar-refractivity contribution in [1.29, 1.82) is 0 Å². The number of carbonyl (C=O) groups excluding carboxylic acids is 1. The average Bonchev–Trinajstić information content (AvgIpc) is 2.96. The molecule has 0 aliphatic heterocycles. The fourth-order valence-electron chi connectivity index (χ4n) is 3.03. The lowest BCUT2D eigenvalue weighted by atomic mass is 9.99. The average molecular weight is 408 g/mol. The zero-order valence-electron chi connectivity index (χ0n) is 15.1. The molecule has 1 N–H and O–H groups in total. The van der Waals surface area contributed by atoms with Crippen molar-refractivity contribution in [2.75, 3.05) is 5.32 Å². The number of aryl methyl sites for hydroxylation is 2. The lowest BCUT2D eigenvalue weighted by molar-refractivity contribution is -0.142. The summed E-state index contributed by atoms with van der Waals surface area (Å²) in [7, 11) is 1.38. The van der Waals surface area contributed by atoms with Gasteiger partial charge < -0.3 is 5.32 Å². The third kappa shape index (κ3) is 4.36. The van der Waals surface area contributed by atoms with Gasteiger partial charge in [-0.1, -0.05) is 35.9 Å². The largest absolute Gasteiger partial charge is 0.435 e. The number of amides is 1. The number of hydrogen-bond acceptors (Lipinski definition) is 2. The summed E-state index contributed by atoms with van der Waals surface area (Å²) in [6, 6.07) is 12.5. The molecule has 0 spiro atoms. The van der Waals surface area contributed by atoms with Gasteiger partial charge in [-0.15, -0.1) is 0 Å². The highest BCUT2D eigenvalue weighted by molar-refractivity contribution is 6.30. The van der Waals surface area contributed by atoms with Crippen molar-refractivity contribution < 1.29 is 18.0 Å². The molecule has 3 rings (SSSR count). The van der Waals surface area contributed by atoms with Crippen molar-refractivity contribution in [3.63, 3.8) is 0 Å². The first-order chi connectivity index (χ1) is 13.1. The van der Waals surface area contributed by atoms with E-state index in [1.54, 1.807) is 24.3 Å². The fourth-order valence-corrected chi connectivity index (χ4v) is 3.26. The van der Waals surface area contributed by atoms with E-state index in [-0.39, 0.29) is 5.56 Å². The molecule has 0 aliphatic carbocycles. The second kappa shape index (κ2) is 7.67. The van der Waals surface area contributed by atoms with E-state index in [0.29, 0.717) is 10.7 Å². The van der Waals surface area contributed by atoms with Gasteiger partial charge in [-0.25, -0.2) is 0 Å². The van der Waals surface area contributed by atoms with Gasteiger partial charge in [0, 0.05) is 35.1 Å². The Balaban J connectivity index is 1.87. The van der Waals surface area contributed by atoms with Crippen LogP contribution in [0.4, 0.5) is 18.9 Å². The topological polar surface area (TPSA) is 46.9 Å². The fraction of sp³-hybridized carbons (Fsp3) is 0.200. The molecule has 0 aliphatic rings. The molecule has 0 unspecified atom stereocenters. The quantitative estimate of drug-likeness (QED) is 0.642. The summed E-state index contributed by atoms with van der Waals surface area (Å²) < 4.78 is 40.3. The Morgan fingerprint density at radius 3 is 2.57 bits per heavy atom. The van der Waals surface area contributed by atoms with Crippen LogP contribution < -0.4 is 5.32 Å². The van der Waals surface area contributed by atoms with Gasteiger partial charge in [0.2, 0.25) is 5.91 Å². The Morgan fingerprint density at radius 1 is 1.18 bits per heavy atom. The van der Waals surface area contributed by atoms with Crippen molar-refractivity contribution in [2.45, 2.75) is 19.5 Å². The van der Waals surface area contributed by atoms with Crippen molar-refractivity contribution >= 4 is 23.2 Å². The van der Waals surface area contributed by atoms with Gasteiger partial charge in [0.15, 0.2) is 5.69 Å². The van der Waals surface area contributed by atoms with E-state index in [1.807, 2.05) is 25.1 Å². The van der Waals surface area contributed by atoms with Crippen LogP contribution in [-0.4, -0.2) is 15.7 Å². The van der Waals surface area contributed by atoms with Crippen molar-refractivity contribution in [3.05, 3.63) is 70.5 Å². The molecule has 1 amide bonds. The van der Waals surface area contributed by atoms with E-state index in [9.17, 15) is 18.0 Å². The highest BCUT2D eigenvalue weighted by Gasteiger charge is 2.37. The van der Waals surface area contributed by atoms with Crippen LogP contribution in [-0.2, 0) is 24.4 Å². The van der Waals surface area contributed by atoms with Crippen LogP contribution in [0, 0.1) is 6.92 Å². The van der Waals surface area contributed by atoms with Crippen LogP contribution in [0.2, 0.25) is 5.02 Å². The molecular weight excluding hydrogens is 391 g/mol. The van der Waals surface area contributed by atoms with E-state index >= 15 is 0 Å². The number of para-hydroxylation sites is 1. The Kier molecular flexibility index (Phi) is 5.47. The number of carbonyl (C=O) groups is 1. The van der Waals surface area contributed by atoms with Gasteiger partial charge in [0.05, 0.1) is 6.42 Å². The summed E-state index contributed by atoms with van der Waals surface area (Å²) >= 11 is 6.00. The SMILES string of the molecule is Cc1cc(Cl)ccc1-c1ccccc1NC(=O)Cc1cn(C)nc1C(F)(F)F. The van der Waals surface area contributed by atoms with E-state index in [1.165, 1.54) is 13.2 Å². The maximum atomic E-state index is 13.1. The zero-order valence-corrected chi connectivity index (χ0v) is 15.9. The van der Waals surface area contributed by atoms with Crippen LogP contribution >= 0.6 is 11.6 Å². The predicted molar refractivity (Wildman–Crippen MR) is 102 cm³/mol. The van der Waals surface area contributed by atoms with Crippen LogP contribution in [0.3, 0.4) is 0 Å². The maximum absolute atomic E-state index is 13.1. The first kappa shape index (κ1) is 19.9. The molecule has 1 aromatic heterocycles. The Hall–Kier alpha value is -2.80. The van der Waals surface area contributed by atoms with Crippen molar-refractivity contribution in [3.8, 4) is 11.1 Å². The summed E-state index contributed by atoms with van der Waals surface area (Å²) in [5.74, 6) is -0.558. The molecule has 1 heterocycles. The second-order valence-corrected chi connectivity index (χ2v) is 6.84. The first-order valence-corrected chi connectivity index (χ1v) is 8.78. The molecule has 0 bridgehead atoms. The number of nitrogens with zero attached hydrogens (tertiary/aromatic N) is 2. The molecule has 2 aromatic carbocycles. The first-order valence-electron chi connectivity index (χ1n) is 8.40. The van der Waals surface area contributed by atoms with E-state index in [4.69, 9.17) is 11.6 Å². The number of nitrogens with one attached hydrogen (secondary N) is 1. The van der Waals surface area contributed by atoms with Crippen LogP contribution in [0.1, 0.15) is 16.8 Å². The van der Waals surface area contributed by atoms with Gasteiger partial charge in [0.25, 0.3) is 0 Å². The standard InChI is InChI=1S/C20H17ClF3N3O/c1-12-9-14(21)7-8-15(12)16-5-3-4-6-17(16)25-18(28)10-13-11-27(2)26-19(13)20(22,23)24/h3-9,11H,10H2,1-2H3,(H,25,28). The molecule has 0 atom stereocenters. The van der Waals surface area contributed by atoms with Gasteiger partial charge in [-0.2, -0.15) is 18.3 Å². The van der Waals surface area contributed by atoms with Gasteiger partial charge in [-0.05, 0) is 36.2 Å². The minimum atomic E-state index is -4.62. The lowest BCUT2D eigenvalue weighted by Gasteiger charge is -2.14. The molecule has 0 saturated heterocycles. The molecule has 0 fully saturated rings. The van der Waals surface area contributed by atoms with Gasteiger partial charge >= 0.3 is 6.18 Å². The monoisotopic (exact) mass is 407 g/mol. The smallest absolute Gasteiger partial charge is 0.325 e. The van der Waals surface area contributed by atoms with Crippen LogP contribution in [0.25, 0.3) is 11.1 Å². The summed E-state index contributed by atoms with van der Waals surface area (Å²) in [5.41, 5.74) is 1.83. The number of benzene rings is 2. The van der Waals surface area contributed by atoms with Gasteiger partial charge in [0.1, 0.15) is 0 Å². The normalized spacial score (nSPS) is 11.5. The molecular formula is C20H17ClF3N3O. The molecule has 0 radical (unpaired) electrons. The second-order valence-electron chi connectivity index (χ2n) is 6.40. The molecule has 0 saturated carbocycles. The predicted octanol–water partition coefficient (Wildman–Crippen LogP) is 5.25. The third-order valence-electron chi connectivity index (χ3n) is 4.20. The lowest BCUT2D eigenvalue weighted by Crippen LogP contribution is -2.17. The minimum absolute atomic E-state index is 0.173. The molecule has 4 nitrogen and oxygen atoms in total. The molecule has 8 heteroatoms. The van der Waals surface area contributed by atoms with Crippen molar-refractivity contribution in [2.24, 2.45) is 7.05 Å². The van der Waals surface area contributed by atoms with E-state index < -0.39 is 24.2 Å². The Labute approximate surface area is 164 Å². The van der Waals surface area contributed by atoms with Crippen LogP contribution in [0.5, 0.6) is 0 Å². The summed E-state index contributed by atoms with van der Waals surface area (Å²) in [6.07, 6.45) is -3.84. The summed E-state index contributed by atoms with van der Waals surface area (Å²) in [4.78, 5) is 12.5. The number of hydrogen-bond donors (Lipinski definition) is 1. The summed E-state index contributed by atoms with van der Waals surface area (Å²) in [5, 5.41) is 6.73. The highest BCUT2D eigenvalue weighted by atomic mass is 35.5. The Bertz CT molecular complexity index is 1030.